The summed E-state index contributed by atoms with van der Waals surface area (Å²) in [5, 5.41) is 0.799. The van der Waals surface area contributed by atoms with E-state index in [0.29, 0.717) is 12.3 Å². The number of halogens is 1. The number of aromatic nitrogens is 1. The van der Waals surface area contributed by atoms with Crippen molar-refractivity contribution in [2.45, 2.75) is 30.6 Å². The SMILES string of the molecule is CCN(CC)CCN(C(=O)CSc1ccc(C)cc1)c1nc2c(SC)cccc2s1.Cl. The van der Waals surface area contributed by atoms with Crippen LogP contribution in [0, 0.1) is 6.92 Å². The zero-order valence-electron chi connectivity index (χ0n) is 18.5. The molecule has 0 unspecified atom stereocenters. The number of carbonyl (C=O) groups is 1. The van der Waals surface area contributed by atoms with Gasteiger partial charge in [0.25, 0.3) is 0 Å². The largest absolute Gasteiger partial charge is 0.302 e. The molecule has 3 rings (SSSR count). The van der Waals surface area contributed by atoms with Gasteiger partial charge in [-0.05, 0) is 50.5 Å². The van der Waals surface area contributed by atoms with Gasteiger partial charge in [0, 0.05) is 22.9 Å². The Hall–Kier alpha value is -1.25. The quantitative estimate of drug-likeness (QED) is 0.312. The number of nitrogens with zero attached hydrogens (tertiary/aromatic N) is 3. The number of anilines is 1. The molecular weight excluding hydrogens is 466 g/mol. The molecule has 3 aromatic rings. The second kappa shape index (κ2) is 12.7. The molecule has 1 amide bonds. The Balaban J connectivity index is 0.00000341. The Labute approximate surface area is 204 Å². The summed E-state index contributed by atoms with van der Waals surface area (Å²) < 4.78 is 1.13. The van der Waals surface area contributed by atoms with Crippen molar-refractivity contribution >= 4 is 68.5 Å². The number of carbonyl (C=O) groups excluding carboxylic acids is 1. The van der Waals surface area contributed by atoms with E-state index in [1.165, 1.54) is 5.56 Å². The molecule has 2 aromatic carbocycles. The lowest BCUT2D eigenvalue weighted by atomic mass is 10.2. The fourth-order valence-electron chi connectivity index (χ4n) is 3.16. The average molecular weight is 496 g/mol. The van der Waals surface area contributed by atoms with Crippen molar-refractivity contribution in [1.82, 2.24) is 9.88 Å². The fourth-order valence-corrected chi connectivity index (χ4v) is 5.60. The molecule has 0 saturated carbocycles. The predicted octanol–water partition coefficient (Wildman–Crippen LogP) is 6.22. The minimum atomic E-state index is 0. The van der Waals surface area contributed by atoms with Crippen molar-refractivity contribution in [3.8, 4) is 0 Å². The van der Waals surface area contributed by atoms with Crippen LogP contribution in [0.3, 0.4) is 0 Å². The van der Waals surface area contributed by atoms with Gasteiger partial charge < -0.3 is 4.90 Å². The van der Waals surface area contributed by atoms with Crippen molar-refractivity contribution < 1.29 is 4.79 Å². The molecule has 31 heavy (non-hydrogen) atoms. The van der Waals surface area contributed by atoms with Gasteiger partial charge >= 0.3 is 0 Å². The first-order valence-electron chi connectivity index (χ1n) is 10.2. The van der Waals surface area contributed by atoms with Gasteiger partial charge in [0.1, 0.15) is 0 Å². The molecule has 0 radical (unpaired) electrons. The molecule has 0 fully saturated rings. The third-order valence-corrected chi connectivity index (χ3v) is 7.85. The number of thioether (sulfide) groups is 2. The van der Waals surface area contributed by atoms with Gasteiger partial charge in [-0.25, -0.2) is 4.98 Å². The lowest BCUT2D eigenvalue weighted by molar-refractivity contribution is -0.116. The van der Waals surface area contributed by atoms with E-state index in [4.69, 9.17) is 4.98 Å². The lowest BCUT2D eigenvalue weighted by Gasteiger charge is -2.24. The number of thiazole rings is 1. The molecule has 4 nitrogen and oxygen atoms in total. The van der Waals surface area contributed by atoms with E-state index in [1.54, 1.807) is 34.9 Å². The second-order valence-electron chi connectivity index (χ2n) is 6.98. The minimum absolute atomic E-state index is 0. The van der Waals surface area contributed by atoms with E-state index in [-0.39, 0.29) is 18.3 Å². The van der Waals surface area contributed by atoms with Crippen LogP contribution in [0.2, 0.25) is 0 Å². The molecule has 0 saturated heterocycles. The molecule has 0 atom stereocenters. The maximum absolute atomic E-state index is 13.3. The van der Waals surface area contributed by atoms with Crippen molar-refractivity contribution in [1.29, 1.82) is 0 Å². The smallest absolute Gasteiger partial charge is 0.239 e. The Morgan fingerprint density at radius 3 is 2.42 bits per heavy atom. The number of likely N-dealkylation sites (N-methyl/N-ethyl adjacent to an activating group) is 1. The van der Waals surface area contributed by atoms with Crippen molar-refractivity contribution in [2.24, 2.45) is 0 Å². The summed E-state index contributed by atoms with van der Waals surface area (Å²) in [6, 6.07) is 14.6. The summed E-state index contributed by atoms with van der Waals surface area (Å²) in [5.74, 6) is 0.518. The van der Waals surface area contributed by atoms with Crippen LogP contribution in [0.4, 0.5) is 5.13 Å². The van der Waals surface area contributed by atoms with Crippen molar-refractivity contribution in [3.63, 3.8) is 0 Å². The Kier molecular flexibility index (Phi) is 10.7. The summed E-state index contributed by atoms with van der Waals surface area (Å²) in [4.78, 5) is 24.6. The van der Waals surface area contributed by atoms with Gasteiger partial charge in [-0.1, -0.05) is 48.9 Å². The first-order chi connectivity index (χ1) is 14.5. The van der Waals surface area contributed by atoms with E-state index < -0.39 is 0 Å². The standard InChI is InChI=1S/C23H29N3OS3.ClH/c1-5-25(6-2)14-15-26(21(27)16-29-18-12-10-17(3)11-13-18)23-24-22-19(28-4)8-7-9-20(22)30-23;/h7-13H,5-6,14-16H2,1-4H3;1H. The van der Waals surface area contributed by atoms with Gasteiger partial charge in [-0.2, -0.15) is 0 Å². The van der Waals surface area contributed by atoms with E-state index >= 15 is 0 Å². The second-order valence-corrected chi connectivity index (χ2v) is 9.88. The summed E-state index contributed by atoms with van der Waals surface area (Å²) in [6.07, 6.45) is 2.06. The zero-order chi connectivity index (χ0) is 21.5. The number of rotatable bonds is 10. The third-order valence-electron chi connectivity index (χ3n) is 5.04. The lowest BCUT2D eigenvalue weighted by Crippen LogP contribution is -2.39. The molecule has 1 heterocycles. The number of hydrogen-bond acceptors (Lipinski definition) is 6. The summed E-state index contributed by atoms with van der Waals surface area (Å²) in [7, 11) is 0. The molecule has 1 aromatic heterocycles. The van der Waals surface area contributed by atoms with Crippen LogP contribution in [0.15, 0.2) is 52.3 Å². The normalized spacial score (nSPS) is 11.0. The molecule has 0 N–H and O–H groups in total. The highest BCUT2D eigenvalue weighted by Crippen LogP contribution is 2.34. The Morgan fingerprint density at radius 2 is 1.77 bits per heavy atom. The van der Waals surface area contributed by atoms with Crippen LogP contribution in [-0.4, -0.2) is 54.0 Å². The molecular formula is C23H30ClN3OS3. The van der Waals surface area contributed by atoms with Crippen molar-refractivity contribution in [3.05, 3.63) is 48.0 Å². The number of amides is 1. The van der Waals surface area contributed by atoms with E-state index in [2.05, 4.69) is 74.4 Å². The zero-order valence-corrected chi connectivity index (χ0v) is 21.7. The van der Waals surface area contributed by atoms with Crippen LogP contribution in [-0.2, 0) is 4.79 Å². The topological polar surface area (TPSA) is 36.4 Å². The van der Waals surface area contributed by atoms with E-state index in [0.717, 1.165) is 44.8 Å². The van der Waals surface area contributed by atoms with Gasteiger partial charge in [-0.3, -0.25) is 9.69 Å². The number of fused-ring (bicyclic) bond motifs is 1. The van der Waals surface area contributed by atoms with Crippen LogP contribution in [0.5, 0.6) is 0 Å². The van der Waals surface area contributed by atoms with Gasteiger partial charge in [0.15, 0.2) is 5.13 Å². The predicted molar refractivity (Wildman–Crippen MR) is 141 cm³/mol. The highest BCUT2D eigenvalue weighted by atomic mass is 35.5. The third kappa shape index (κ3) is 6.86. The number of hydrogen-bond donors (Lipinski definition) is 0. The fraction of sp³-hybridized carbons (Fsp3) is 0.391. The van der Waals surface area contributed by atoms with Crippen molar-refractivity contribution in [2.75, 3.05) is 43.1 Å². The monoisotopic (exact) mass is 495 g/mol. The molecule has 168 valence electrons. The number of aryl methyl sites for hydroxylation is 1. The Morgan fingerprint density at radius 1 is 1.06 bits per heavy atom. The molecule has 0 aliphatic rings. The van der Waals surface area contributed by atoms with E-state index in [1.807, 2.05) is 4.90 Å². The first kappa shape index (κ1) is 26.0. The van der Waals surface area contributed by atoms with Gasteiger partial charge in [-0.15, -0.1) is 35.9 Å². The maximum Gasteiger partial charge on any atom is 0.239 e. The molecule has 0 aliphatic heterocycles. The number of para-hydroxylation sites is 1. The van der Waals surface area contributed by atoms with Gasteiger partial charge in [0.05, 0.1) is 16.0 Å². The minimum Gasteiger partial charge on any atom is -0.302 e. The highest BCUT2D eigenvalue weighted by molar-refractivity contribution is 8.00. The summed E-state index contributed by atoms with van der Waals surface area (Å²) in [6.45, 7) is 9.85. The van der Waals surface area contributed by atoms with Crippen LogP contribution >= 0.6 is 47.3 Å². The Bertz CT molecular complexity index is 974. The summed E-state index contributed by atoms with van der Waals surface area (Å²) >= 11 is 4.89. The average Bonchev–Trinajstić information content (AvgIpc) is 3.20. The maximum atomic E-state index is 13.3. The van der Waals surface area contributed by atoms with Crippen LogP contribution in [0.25, 0.3) is 10.2 Å². The first-order valence-corrected chi connectivity index (χ1v) is 13.2. The van der Waals surface area contributed by atoms with E-state index in [9.17, 15) is 4.79 Å². The highest BCUT2D eigenvalue weighted by Gasteiger charge is 2.21. The number of benzene rings is 2. The molecule has 0 aliphatic carbocycles. The molecule has 0 spiro atoms. The van der Waals surface area contributed by atoms with Crippen LogP contribution < -0.4 is 4.90 Å². The molecule has 0 bridgehead atoms. The van der Waals surface area contributed by atoms with Gasteiger partial charge in [0.2, 0.25) is 5.91 Å². The van der Waals surface area contributed by atoms with Crippen LogP contribution in [0.1, 0.15) is 19.4 Å². The summed E-state index contributed by atoms with van der Waals surface area (Å²) in [5.41, 5.74) is 2.22. The molecule has 8 heteroatoms.